The molecule has 0 saturated carbocycles. The Bertz CT molecular complexity index is 1010. The Morgan fingerprint density at radius 2 is 1.52 bits per heavy atom. The monoisotopic (exact) mass is 410 g/mol. The van der Waals surface area contributed by atoms with Gasteiger partial charge in [-0.3, -0.25) is 9.69 Å². The number of carbonyl (C=O) groups is 1. The van der Waals surface area contributed by atoms with E-state index in [-0.39, 0.29) is 5.78 Å². The fourth-order valence-electron chi connectivity index (χ4n) is 4.10. The fourth-order valence-corrected chi connectivity index (χ4v) is 4.10. The number of anilines is 1. The zero-order valence-electron chi connectivity index (χ0n) is 18.2. The Hall–Kier alpha value is -3.17. The van der Waals surface area contributed by atoms with Crippen LogP contribution < -0.4 is 4.90 Å². The minimum Gasteiger partial charge on any atom is -0.367 e. The van der Waals surface area contributed by atoms with Gasteiger partial charge in [-0.25, -0.2) is 0 Å². The number of hydrogen-bond acceptors (Lipinski definition) is 3. The van der Waals surface area contributed by atoms with Gasteiger partial charge in [0.15, 0.2) is 5.78 Å². The van der Waals surface area contributed by atoms with E-state index in [0.717, 1.165) is 37.3 Å². The normalized spacial score (nSPS) is 15.9. The van der Waals surface area contributed by atoms with Gasteiger partial charge in [0.25, 0.3) is 0 Å². The molecule has 1 heterocycles. The van der Waals surface area contributed by atoms with Gasteiger partial charge in [-0.05, 0) is 41.8 Å². The number of rotatable bonds is 7. The Kier molecular flexibility index (Phi) is 6.96. The summed E-state index contributed by atoms with van der Waals surface area (Å²) < 4.78 is 0. The molecular formula is C28H30N2O. The van der Waals surface area contributed by atoms with E-state index in [1.54, 1.807) is 0 Å². The summed E-state index contributed by atoms with van der Waals surface area (Å²) in [7, 11) is 0. The highest BCUT2D eigenvalue weighted by Crippen LogP contribution is 2.22. The van der Waals surface area contributed by atoms with Gasteiger partial charge < -0.3 is 4.90 Å². The molecule has 0 spiro atoms. The first-order valence-corrected chi connectivity index (χ1v) is 11.1. The van der Waals surface area contributed by atoms with Crippen LogP contribution in [0, 0.1) is 0 Å². The van der Waals surface area contributed by atoms with Crippen LogP contribution in [0.25, 0.3) is 6.08 Å². The molecule has 3 heteroatoms. The maximum Gasteiger partial charge on any atom is 0.161 e. The molecule has 158 valence electrons. The van der Waals surface area contributed by atoms with Crippen molar-refractivity contribution in [3.8, 4) is 0 Å². The van der Waals surface area contributed by atoms with Crippen molar-refractivity contribution in [3.63, 3.8) is 0 Å². The molecule has 3 aromatic rings. The summed E-state index contributed by atoms with van der Waals surface area (Å²) in [5, 5.41) is 0. The third-order valence-corrected chi connectivity index (χ3v) is 5.85. The van der Waals surface area contributed by atoms with E-state index < -0.39 is 0 Å². The number of nitrogens with zero attached hydrogens (tertiary/aromatic N) is 2. The second-order valence-corrected chi connectivity index (χ2v) is 8.13. The number of carbonyl (C=O) groups excluding carboxylic acids is 1. The number of piperidine rings is 1. The van der Waals surface area contributed by atoms with Gasteiger partial charge in [-0.2, -0.15) is 0 Å². The van der Waals surface area contributed by atoms with E-state index in [9.17, 15) is 4.79 Å². The molecule has 0 atom stereocenters. The lowest BCUT2D eigenvalue weighted by Gasteiger charge is -2.28. The van der Waals surface area contributed by atoms with Gasteiger partial charge in [0.1, 0.15) is 0 Å². The van der Waals surface area contributed by atoms with Crippen LogP contribution in [0.1, 0.15) is 30.0 Å². The second-order valence-electron chi connectivity index (χ2n) is 8.13. The smallest absolute Gasteiger partial charge is 0.161 e. The van der Waals surface area contributed by atoms with Crippen LogP contribution in [-0.2, 0) is 17.9 Å². The lowest BCUT2D eigenvalue weighted by Crippen LogP contribution is -2.35. The largest absolute Gasteiger partial charge is 0.367 e. The Balaban J connectivity index is 1.44. The second kappa shape index (κ2) is 10.2. The summed E-state index contributed by atoms with van der Waals surface area (Å²) in [6.45, 7) is 6.45. The number of benzene rings is 3. The predicted octanol–water partition coefficient (Wildman–Crippen LogP) is 5.57. The summed E-state index contributed by atoms with van der Waals surface area (Å²) in [5.74, 6) is 0.271. The van der Waals surface area contributed by atoms with Gasteiger partial charge in [0.2, 0.25) is 0 Å². The van der Waals surface area contributed by atoms with E-state index >= 15 is 0 Å². The molecule has 0 bridgehead atoms. The van der Waals surface area contributed by atoms with E-state index in [1.165, 1.54) is 16.8 Å². The van der Waals surface area contributed by atoms with Crippen LogP contribution >= 0.6 is 0 Å². The van der Waals surface area contributed by atoms with Crippen molar-refractivity contribution >= 4 is 17.5 Å². The topological polar surface area (TPSA) is 23.6 Å². The summed E-state index contributed by atoms with van der Waals surface area (Å²) in [6.07, 6.45) is 2.66. The average Bonchev–Trinajstić information content (AvgIpc) is 2.82. The molecule has 0 unspecified atom stereocenters. The molecule has 0 aromatic heterocycles. The average molecular weight is 411 g/mol. The quantitative estimate of drug-likeness (QED) is 0.476. The molecule has 1 fully saturated rings. The highest BCUT2D eigenvalue weighted by atomic mass is 16.1. The molecule has 31 heavy (non-hydrogen) atoms. The van der Waals surface area contributed by atoms with Gasteiger partial charge >= 0.3 is 0 Å². The number of ketones is 1. The van der Waals surface area contributed by atoms with E-state index in [0.29, 0.717) is 13.0 Å². The van der Waals surface area contributed by atoms with Crippen LogP contribution in [-0.4, -0.2) is 30.3 Å². The van der Waals surface area contributed by atoms with E-state index in [4.69, 9.17) is 0 Å². The SMILES string of the molecule is CCN(Cc1ccccc1)c1ccc(/C=C2\CN(Cc3ccccc3)CCC2=O)cc1. The van der Waals surface area contributed by atoms with Gasteiger partial charge in [0.05, 0.1) is 0 Å². The lowest BCUT2D eigenvalue weighted by atomic mass is 9.99. The number of likely N-dealkylation sites (tertiary alicyclic amines) is 1. The molecular weight excluding hydrogens is 380 g/mol. The van der Waals surface area contributed by atoms with Crippen LogP contribution in [0.15, 0.2) is 90.5 Å². The molecule has 0 N–H and O–H groups in total. The van der Waals surface area contributed by atoms with Crippen LogP contribution in [0.4, 0.5) is 5.69 Å². The molecule has 1 saturated heterocycles. The maximum atomic E-state index is 12.5. The molecule has 3 aromatic carbocycles. The lowest BCUT2D eigenvalue weighted by molar-refractivity contribution is -0.117. The standard InChI is InChI=1S/C28H30N2O/c1-2-30(21-25-11-7-4-8-12-25)27-15-13-23(14-16-27)19-26-22-29(18-17-28(26)31)20-24-9-5-3-6-10-24/h3-16,19H,2,17-18,20-22H2,1H3/b26-19+. The molecule has 1 aliphatic heterocycles. The van der Waals surface area contributed by atoms with Crippen LogP contribution in [0.3, 0.4) is 0 Å². The van der Waals surface area contributed by atoms with E-state index in [2.05, 4.69) is 102 Å². The first-order chi connectivity index (χ1) is 15.2. The zero-order chi connectivity index (χ0) is 21.5. The number of hydrogen-bond donors (Lipinski definition) is 0. The Morgan fingerprint density at radius 3 is 2.16 bits per heavy atom. The predicted molar refractivity (Wildman–Crippen MR) is 129 cm³/mol. The highest BCUT2D eigenvalue weighted by Gasteiger charge is 2.21. The van der Waals surface area contributed by atoms with Crippen LogP contribution in [0.5, 0.6) is 0 Å². The summed E-state index contributed by atoms with van der Waals surface area (Å²) in [4.78, 5) is 17.2. The third kappa shape index (κ3) is 5.71. The van der Waals surface area contributed by atoms with Crippen molar-refractivity contribution < 1.29 is 4.79 Å². The molecule has 0 amide bonds. The summed E-state index contributed by atoms with van der Waals surface area (Å²) in [6, 6.07) is 29.6. The Labute approximate surface area is 185 Å². The zero-order valence-corrected chi connectivity index (χ0v) is 18.2. The van der Waals surface area contributed by atoms with Crippen molar-refractivity contribution in [2.24, 2.45) is 0 Å². The van der Waals surface area contributed by atoms with Crippen molar-refractivity contribution in [1.82, 2.24) is 4.90 Å². The minimum absolute atomic E-state index is 0.271. The van der Waals surface area contributed by atoms with E-state index in [1.807, 2.05) is 6.07 Å². The van der Waals surface area contributed by atoms with Crippen molar-refractivity contribution in [1.29, 1.82) is 0 Å². The van der Waals surface area contributed by atoms with Gasteiger partial charge in [-0.15, -0.1) is 0 Å². The van der Waals surface area contributed by atoms with Crippen molar-refractivity contribution in [2.75, 3.05) is 24.5 Å². The van der Waals surface area contributed by atoms with Crippen molar-refractivity contribution in [3.05, 3.63) is 107 Å². The summed E-state index contributed by atoms with van der Waals surface area (Å²) in [5.41, 5.74) is 5.80. The highest BCUT2D eigenvalue weighted by molar-refractivity contribution is 6.00. The molecule has 3 nitrogen and oxygen atoms in total. The number of Topliss-reactive ketones (excluding diaryl/α,β-unsaturated/α-hetero) is 1. The molecule has 0 aliphatic carbocycles. The van der Waals surface area contributed by atoms with Gasteiger partial charge in [-0.1, -0.05) is 72.8 Å². The summed E-state index contributed by atoms with van der Waals surface area (Å²) >= 11 is 0. The first kappa shape index (κ1) is 21.1. The fraction of sp³-hybridized carbons (Fsp3) is 0.250. The third-order valence-electron chi connectivity index (χ3n) is 5.85. The maximum absolute atomic E-state index is 12.5. The van der Waals surface area contributed by atoms with Gasteiger partial charge in [0, 0.05) is 50.4 Å². The first-order valence-electron chi connectivity index (χ1n) is 11.1. The van der Waals surface area contributed by atoms with Crippen molar-refractivity contribution in [2.45, 2.75) is 26.4 Å². The minimum atomic E-state index is 0.271. The van der Waals surface area contributed by atoms with Crippen LogP contribution in [0.2, 0.25) is 0 Å². The molecule has 4 rings (SSSR count). The molecule has 0 radical (unpaired) electrons. The Morgan fingerprint density at radius 1 is 0.871 bits per heavy atom. The molecule has 1 aliphatic rings.